The molecule has 0 aliphatic carbocycles. The molecule has 7 heteroatoms. The zero-order valence-electron chi connectivity index (χ0n) is 17.5. The maximum atomic E-state index is 12.8. The minimum atomic E-state index is -0.392. The van der Waals surface area contributed by atoms with Crippen LogP contribution in [0.2, 0.25) is 0 Å². The second kappa shape index (κ2) is 8.52. The van der Waals surface area contributed by atoms with Crippen LogP contribution in [0.3, 0.4) is 0 Å². The number of rotatable bonds is 5. The van der Waals surface area contributed by atoms with Gasteiger partial charge < -0.3 is 19.4 Å². The molecule has 1 N–H and O–H groups in total. The summed E-state index contributed by atoms with van der Waals surface area (Å²) in [7, 11) is 1.37. The number of hydrogen-bond donors (Lipinski definition) is 1. The maximum absolute atomic E-state index is 12.8. The predicted molar refractivity (Wildman–Crippen MR) is 121 cm³/mol. The molecule has 0 radical (unpaired) electrons. The van der Waals surface area contributed by atoms with Gasteiger partial charge in [-0.25, -0.2) is 4.79 Å². The Morgan fingerprint density at radius 3 is 2.70 bits per heavy atom. The summed E-state index contributed by atoms with van der Waals surface area (Å²) in [6, 6.07) is 8.71. The van der Waals surface area contributed by atoms with Crippen LogP contribution in [0.25, 0.3) is 10.3 Å². The fourth-order valence-corrected chi connectivity index (χ4v) is 5.18. The third-order valence-electron chi connectivity index (χ3n) is 5.58. The van der Waals surface area contributed by atoms with Gasteiger partial charge in [0.2, 0.25) is 5.43 Å². The lowest BCUT2D eigenvalue weighted by Crippen LogP contribution is -2.30. The highest BCUT2D eigenvalue weighted by molar-refractivity contribution is 7.19. The van der Waals surface area contributed by atoms with Gasteiger partial charge in [-0.05, 0) is 45.2 Å². The van der Waals surface area contributed by atoms with Crippen molar-refractivity contribution in [1.82, 2.24) is 0 Å². The van der Waals surface area contributed by atoms with Gasteiger partial charge in [-0.15, -0.1) is 11.3 Å². The summed E-state index contributed by atoms with van der Waals surface area (Å²) in [6.45, 7) is 5.83. The molecule has 1 aliphatic rings. The Labute approximate surface area is 179 Å². The molecule has 0 saturated carbocycles. The monoisotopic (exact) mass is 426 g/mol. The number of esters is 1. The number of fused-ring (bicyclic) bond motifs is 1. The molecule has 3 heterocycles. The lowest BCUT2D eigenvalue weighted by molar-refractivity contribution is 0.0602. The molecule has 30 heavy (non-hydrogen) atoms. The van der Waals surface area contributed by atoms with Crippen LogP contribution in [0.15, 0.2) is 39.5 Å². The Balaban J connectivity index is 1.73. The lowest BCUT2D eigenvalue weighted by atomic mass is 10.1. The number of anilines is 2. The summed E-state index contributed by atoms with van der Waals surface area (Å²) in [5.41, 5.74) is 2.75. The van der Waals surface area contributed by atoms with Crippen molar-refractivity contribution in [3.63, 3.8) is 0 Å². The van der Waals surface area contributed by atoms with Crippen molar-refractivity contribution in [1.29, 1.82) is 0 Å². The molecule has 1 fully saturated rings. The number of thiophene rings is 1. The van der Waals surface area contributed by atoms with Gasteiger partial charge in [-0.3, -0.25) is 4.79 Å². The van der Waals surface area contributed by atoms with Crippen molar-refractivity contribution in [2.24, 2.45) is 0 Å². The molecule has 0 amide bonds. The van der Waals surface area contributed by atoms with Gasteiger partial charge >= 0.3 is 5.97 Å². The van der Waals surface area contributed by atoms with Crippen molar-refractivity contribution in [3.05, 3.63) is 56.6 Å². The summed E-state index contributed by atoms with van der Waals surface area (Å²) in [4.78, 5) is 28.1. The molecular formula is C23H26N2O4S. The van der Waals surface area contributed by atoms with Crippen molar-refractivity contribution in [2.45, 2.75) is 39.2 Å². The van der Waals surface area contributed by atoms with Gasteiger partial charge in [-0.1, -0.05) is 12.1 Å². The fourth-order valence-electron chi connectivity index (χ4n) is 4.09. The Hall–Kier alpha value is -2.80. The van der Waals surface area contributed by atoms with Gasteiger partial charge in [0, 0.05) is 35.3 Å². The zero-order valence-corrected chi connectivity index (χ0v) is 18.3. The highest BCUT2D eigenvalue weighted by Gasteiger charge is 2.23. The first kappa shape index (κ1) is 20.5. The molecule has 4 rings (SSSR count). The number of nitrogens with zero attached hydrogens (tertiary/aromatic N) is 1. The summed E-state index contributed by atoms with van der Waals surface area (Å²) in [5.74, 6) is 0.254. The molecule has 1 aliphatic heterocycles. The van der Waals surface area contributed by atoms with Crippen molar-refractivity contribution < 1.29 is 13.9 Å². The van der Waals surface area contributed by atoms with Gasteiger partial charge in [0.25, 0.3) is 0 Å². The van der Waals surface area contributed by atoms with Gasteiger partial charge in [-0.2, -0.15) is 0 Å². The number of nitrogens with one attached hydrogen (secondary N) is 1. The van der Waals surface area contributed by atoms with E-state index in [9.17, 15) is 9.59 Å². The quantitative estimate of drug-likeness (QED) is 0.572. The molecule has 3 aromatic rings. The summed E-state index contributed by atoms with van der Waals surface area (Å²) >= 11 is 1.46. The highest BCUT2D eigenvalue weighted by Crippen LogP contribution is 2.37. The molecular weight excluding hydrogens is 400 g/mol. The molecule has 2 aromatic heterocycles. The number of carbonyl (C=O) groups is 1. The number of benzene rings is 1. The normalized spacial score (nSPS) is 15.2. The van der Waals surface area contributed by atoms with Crippen molar-refractivity contribution in [3.8, 4) is 0 Å². The summed E-state index contributed by atoms with van der Waals surface area (Å²) in [5, 5.41) is 3.41. The van der Waals surface area contributed by atoms with E-state index in [-0.39, 0.29) is 11.5 Å². The van der Waals surface area contributed by atoms with E-state index in [1.807, 2.05) is 26.0 Å². The van der Waals surface area contributed by atoms with E-state index in [2.05, 4.69) is 10.2 Å². The Morgan fingerprint density at radius 1 is 1.23 bits per heavy atom. The molecule has 1 atom stereocenters. The van der Waals surface area contributed by atoms with E-state index in [0.29, 0.717) is 27.4 Å². The Kier molecular flexibility index (Phi) is 5.81. The number of piperidine rings is 1. The number of para-hydroxylation sites is 1. The molecule has 6 nitrogen and oxygen atoms in total. The molecule has 1 saturated heterocycles. The van der Waals surface area contributed by atoms with Crippen molar-refractivity contribution >= 4 is 39.2 Å². The third kappa shape index (κ3) is 3.81. The number of hydrogen-bond acceptors (Lipinski definition) is 7. The van der Waals surface area contributed by atoms with Gasteiger partial charge in [0.05, 0.1) is 18.7 Å². The second-order valence-corrected chi connectivity index (χ2v) is 8.85. The number of ether oxygens (including phenoxy) is 1. The summed E-state index contributed by atoms with van der Waals surface area (Å²) < 4.78 is 11.8. The standard InChI is InChI=1S/C23H26N2O4S/c1-14(24-17-10-6-5-9-16(17)23(27)28-3)20-15(2)30-22-18(26)13-19(29-21(20)22)25-11-7-4-8-12-25/h5-6,9-10,13-14,24H,4,7-8,11-12H2,1-3H3. The average molecular weight is 427 g/mol. The number of aryl methyl sites for hydroxylation is 1. The molecule has 0 bridgehead atoms. The van der Waals surface area contributed by atoms with E-state index in [4.69, 9.17) is 9.15 Å². The number of carbonyl (C=O) groups excluding carboxylic acids is 1. The fraction of sp³-hybridized carbons (Fsp3) is 0.391. The maximum Gasteiger partial charge on any atom is 0.339 e. The molecule has 1 unspecified atom stereocenters. The van der Waals surface area contributed by atoms with Crippen LogP contribution in [0.4, 0.5) is 11.6 Å². The minimum Gasteiger partial charge on any atom is -0.465 e. The van der Waals surface area contributed by atoms with E-state index < -0.39 is 5.97 Å². The SMILES string of the molecule is COC(=O)c1ccccc1NC(C)c1c(C)sc2c(=O)cc(N3CCCCC3)oc12. The van der Waals surface area contributed by atoms with Crippen LogP contribution in [0, 0.1) is 6.92 Å². The first-order valence-electron chi connectivity index (χ1n) is 10.3. The molecule has 158 valence electrons. The highest BCUT2D eigenvalue weighted by atomic mass is 32.1. The Morgan fingerprint density at radius 2 is 1.97 bits per heavy atom. The zero-order chi connectivity index (χ0) is 21.3. The molecule has 1 aromatic carbocycles. The summed E-state index contributed by atoms with van der Waals surface area (Å²) in [6.07, 6.45) is 3.44. The van der Waals surface area contributed by atoms with Crippen LogP contribution >= 0.6 is 11.3 Å². The Bertz CT molecular complexity index is 1130. The average Bonchev–Trinajstić information content (AvgIpc) is 3.10. The van der Waals surface area contributed by atoms with E-state index in [1.54, 1.807) is 18.2 Å². The minimum absolute atomic E-state index is 0.00154. The molecule has 0 spiro atoms. The largest absolute Gasteiger partial charge is 0.465 e. The van der Waals surface area contributed by atoms with Gasteiger partial charge in [0.1, 0.15) is 4.70 Å². The van der Waals surface area contributed by atoms with Crippen LogP contribution < -0.4 is 15.6 Å². The van der Waals surface area contributed by atoms with E-state index >= 15 is 0 Å². The van der Waals surface area contributed by atoms with E-state index in [0.717, 1.165) is 36.4 Å². The third-order valence-corrected chi connectivity index (χ3v) is 6.69. The topological polar surface area (TPSA) is 71.8 Å². The van der Waals surface area contributed by atoms with Crippen LogP contribution in [0.5, 0.6) is 0 Å². The second-order valence-electron chi connectivity index (χ2n) is 7.63. The lowest BCUT2D eigenvalue weighted by Gasteiger charge is -2.27. The van der Waals surface area contributed by atoms with Gasteiger partial charge in [0.15, 0.2) is 11.5 Å². The predicted octanol–water partition coefficient (Wildman–Crippen LogP) is 5.11. The first-order chi connectivity index (χ1) is 14.5. The van der Waals surface area contributed by atoms with Crippen molar-refractivity contribution in [2.75, 3.05) is 30.4 Å². The first-order valence-corrected chi connectivity index (χ1v) is 11.1. The van der Waals surface area contributed by atoms with E-state index in [1.165, 1.54) is 24.9 Å². The number of methoxy groups -OCH3 is 1. The van der Waals surface area contributed by atoms with Crippen LogP contribution in [0.1, 0.15) is 53.0 Å². The smallest absolute Gasteiger partial charge is 0.339 e. The van der Waals surface area contributed by atoms with Crippen LogP contribution in [-0.2, 0) is 4.74 Å². The van der Waals surface area contributed by atoms with Crippen LogP contribution in [-0.4, -0.2) is 26.2 Å².